The minimum Gasteiger partial charge on any atom is -0.494 e. The summed E-state index contributed by atoms with van der Waals surface area (Å²) in [5, 5.41) is 6.22. The number of para-hydroxylation sites is 1. The van der Waals surface area contributed by atoms with Crippen molar-refractivity contribution in [2.75, 3.05) is 26.2 Å². The summed E-state index contributed by atoms with van der Waals surface area (Å²) in [7, 11) is 0. The van der Waals surface area contributed by atoms with Crippen LogP contribution in [0.25, 0.3) is 0 Å². The van der Waals surface area contributed by atoms with E-state index < -0.39 is 0 Å². The van der Waals surface area contributed by atoms with Gasteiger partial charge in [-0.15, -0.1) is 0 Å². The van der Waals surface area contributed by atoms with Gasteiger partial charge < -0.3 is 15.4 Å². The molecule has 2 rings (SSSR count). The molecule has 0 aliphatic heterocycles. The standard InChI is InChI=1S/C15H22N2O2/c18-15(13-7-8-13)17-11-10-16-9-4-12-19-14-5-2-1-3-6-14/h1-3,5-6,13,16H,4,7-12H2,(H,17,18). The van der Waals surface area contributed by atoms with E-state index in [2.05, 4.69) is 10.6 Å². The van der Waals surface area contributed by atoms with Crippen LogP contribution in [-0.4, -0.2) is 32.1 Å². The van der Waals surface area contributed by atoms with Gasteiger partial charge in [0.2, 0.25) is 5.91 Å². The smallest absolute Gasteiger partial charge is 0.223 e. The predicted molar refractivity (Wildman–Crippen MR) is 75.2 cm³/mol. The zero-order valence-corrected chi connectivity index (χ0v) is 11.2. The van der Waals surface area contributed by atoms with Crippen LogP contribution in [0.4, 0.5) is 0 Å². The zero-order valence-electron chi connectivity index (χ0n) is 11.2. The molecule has 104 valence electrons. The maximum absolute atomic E-state index is 11.3. The third-order valence-corrected chi connectivity index (χ3v) is 3.06. The van der Waals surface area contributed by atoms with Gasteiger partial charge in [-0.1, -0.05) is 18.2 Å². The third kappa shape index (κ3) is 5.75. The number of amides is 1. The Kier molecular flexibility index (Phi) is 5.69. The summed E-state index contributed by atoms with van der Waals surface area (Å²) in [4.78, 5) is 11.3. The highest BCUT2D eigenvalue weighted by Gasteiger charge is 2.28. The minimum absolute atomic E-state index is 0.217. The fraction of sp³-hybridized carbons (Fsp3) is 0.533. The molecule has 1 aliphatic rings. The normalized spacial score (nSPS) is 14.1. The second-order valence-electron chi connectivity index (χ2n) is 4.83. The van der Waals surface area contributed by atoms with Gasteiger partial charge in [-0.3, -0.25) is 4.79 Å². The number of benzene rings is 1. The van der Waals surface area contributed by atoms with Crippen molar-refractivity contribution in [3.63, 3.8) is 0 Å². The lowest BCUT2D eigenvalue weighted by Gasteiger charge is -2.07. The molecule has 19 heavy (non-hydrogen) atoms. The predicted octanol–water partition coefficient (Wildman–Crippen LogP) is 1.57. The van der Waals surface area contributed by atoms with Crippen molar-refractivity contribution in [3.05, 3.63) is 30.3 Å². The molecule has 4 heteroatoms. The zero-order chi connectivity index (χ0) is 13.3. The van der Waals surface area contributed by atoms with Gasteiger partial charge in [0, 0.05) is 19.0 Å². The van der Waals surface area contributed by atoms with Gasteiger partial charge in [0.25, 0.3) is 0 Å². The van der Waals surface area contributed by atoms with Crippen molar-refractivity contribution in [1.29, 1.82) is 0 Å². The lowest BCUT2D eigenvalue weighted by atomic mass is 10.3. The summed E-state index contributed by atoms with van der Waals surface area (Å²) in [5.74, 6) is 1.44. The topological polar surface area (TPSA) is 50.4 Å². The Morgan fingerprint density at radius 2 is 1.95 bits per heavy atom. The summed E-state index contributed by atoms with van der Waals surface area (Å²) < 4.78 is 5.58. The van der Waals surface area contributed by atoms with Crippen LogP contribution in [0.3, 0.4) is 0 Å². The Labute approximate surface area is 114 Å². The molecule has 4 nitrogen and oxygen atoms in total. The van der Waals surface area contributed by atoms with Gasteiger partial charge in [-0.2, -0.15) is 0 Å². The molecule has 0 atom stereocenters. The Hall–Kier alpha value is -1.55. The number of carbonyl (C=O) groups is 1. The van der Waals surface area contributed by atoms with Crippen molar-refractivity contribution in [2.45, 2.75) is 19.3 Å². The van der Waals surface area contributed by atoms with E-state index in [9.17, 15) is 4.79 Å². The molecule has 1 aliphatic carbocycles. The average Bonchev–Trinajstić information content (AvgIpc) is 3.27. The van der Waals surface area contributed by atoms with Gasteiger partial charge in [0.05, 0.1) is 6.61 Å². The fourth-order valence-electron chi connectivity index (χ4n) is 1.79. The van der Waals surface area contributed by atoms with Crippen LogP contribution in [0.1, 0.15) is 19.3 Å². The van der Waals surface area contributed by atoms with Gasteiger partial charge in [-0.25, -0.2) is 0 Å². The van der Waals surface area contributed by atoms with Crippen LogP contribution >= 0.6 is 0 Å². The van der Waals surface area contributed by atoms with Crippen LogP contribution in [0.5, 0.6) is 5.75 Å². The number of hydrogen-bond acceptors (Lipinski definition) is 3. The van der Waals surface area contributed by atoms with Crippen molar-refractivity contribution in [2.24, 2.45) is 5.92 Å². The van der Waals surface area contributed by atoms with E-state index in [1.165, 1.54) is 0 Å². The number of carbonyl (C=O) groups excluding carboxylic acids is 1. The lowest BCUT2D eigenvalue weighted by Crippen LogP contribution is -2.33. The van der Waals surface area contributed by atoms with Crippen LogP contribution in [-0.2, 0) is 4.79 Å². The summed E-state index contributed by atoms with van der Waals surface area (Å²) in [5.41, 5.74) is 0. The molecular formula is C15H22N2O2. The Morgan fingerprint density at radius 3 is 2.68 bits per heavy atom. The van der Waals surface area contributed by atoms with Crippen molar-refractivity contribution in [3.8, 4) is 5.75 Å². The van der Waals surface area contributed by atoms with Gasteiger partial charge in [0.15, 0.2) is 0 Å². The second-order valence-corrected chi connectivity index (χ2v) is 4.83. The first-order chi connectivity index (χ1) is 9.36. The molecule has 1 aromatic rings. The maximum Gasteiger partial charge on any atom is 0.223 e. The van der Waals surface area contributed by atoms with E-state index in [-0.39, 0.29) is 5.91 Å². The van der Waals surface area contributed by atoms with Crippen molar-refractivity contribution in [1.82, 2.24) is 10.6 Å². The molecular weight excluding hydrogens is 240 g/mol. The molecule has 0 radical (unpaired) electrons. The first-order valence-corrected chi connectivity index (χ1v) is 7.02. The van der Waals surface area contributed by atoms with Crippen molar-refractivity contribution < 1.29 is 9.53 Å². The number of nitrogens with one attached hydrogen (secondary N) is 2. The van der Waals surface area contributed by atoms with E-state index >= 15 is 0 Å². The second kappa shape index (κ2) is 7.79. The monoisotopic (exact) mass is 262 g/mol. The molecule has 0 aromatic heterocycles. The summed E-state index contributed by atoms with van der Waals surface area (Å²) in [6.07, 6.45) is 3.09. The highest BCUT2D eigenvalue weighted by atomic mass is 16.5. The van der Waals surface area contributed by atoms with Gasteiger partial charge in [-0.05, 0) is 37.9 Å². The summed E-state index contributed by atoms with van der Waals surface area (Å²) in [6.45, 7) is 3.16. The number of hydrogen-bond donors (Lipinski definition) is 2. The van der Waals surface area contributed by atoms with Crippen LogP contribution < -0.4 is 15.4 Å². The highest BCUT2D eigenvalue weighted by Crippen LogP contribution is 2.28. The molecule has 0 spiro atoms. The molecule has 2 N–H and O–H groups in total. The van der Waals surface area contributed by atoms with Crippen LogP contribution in [0.2, 0.25) is 0 Å². The van der Waals surface area contributed by atoms with Gasteiger partial charge >= 0.3 is 0 Å². The largest absolute Gasteiger partial charge is 0.494 e. The molecule has 0 bridgehead atoms. The van der Waals surface area contributed by atoms with E-state index in [4.69, 9.17) is 4.74 Å². The Bertz CT molecular complexity index is 377. The summed E-state index contributed by atoms with van der Waals surface area (Å²) >= 11 is 0. The molecule has 1 saturated carbocycles. The quantitative estimate of drug-likeness (QED) is 0.664. The van der Waals surface area contributed by atoms with Crippen LogP contribution in [0.15, 0.2) is 30.3 Å². The summed E-state index contributed by atoms with van der Waals surface area (Å²) in [6, 6.07) is 9.83. The van der Waals surface area contributed by atoms with Crippen LogP contribution in [0, 0.1) is 5.92 Å². The molecule has 0 unspecified atom stereocenters. The molecule has 1 aromatic carbocycles. The number of ether oxygens (including phenoxy) is 1. The molecule has 0 heterocycles. The molecule has 0 saturated heterocycles. The fourth-order valence-corrected chi connectivity index (χ4v) is 1.79. The number of rotatable bonds is 9. The minimum atomic E-state index is 0.217. The average molecular weight is 262 g/mol. The van der Waals surface area contributed by atoms with E-state index in [0.29, 0.717) is 12.5 Å². The molecule has 1 amide bonds. The van der Waals surface area contributed by atoms with E-state index in [1.54, 1.807) is 0 Å². The molecule has 1 fully saturated rings. The van der Waals surface area contributed by atoms with E-state index in [1.807, 2.05) is 30.3 Å². The van der Waals surface area contributed by atoms with E-state index in [0.717, 1.165) is 44.6 Å². The highest BCUT2D eigenvalue weighted by molar-refractivity contribution is 5.80. The van der Waals surface area contributed by atoms with Gasteiger partial charge in [0.1, 0.15) is 5.75 Å². The SMILES string of the molecule is O=C(NCCNCCCOc1ccccc1)C1CC1. The first kappa shape index (κ1) is 13.9. The van der Waals surface area contributed by atoms with Crippen molar-refractivity contribution >= 4 is 5.91 Å². The third-order valence-electron chi connectivity index (χ3n) is 3.06. The Balaban J connectivity index is 1.39. The Morgan fingerprint density at radius 1 is 1.16 bits per heavy atom. The first-order valence-electron chi connectivity index (χ1n) is 7.02. The maximum atomic E-state index is 11.3. The lowest BCUT2D eigenvalue weighted by molar-refractivity contribution is -0.122.